The molecular formula is C18H19N. The fourth-order valence-corrected chi connectivity index (χ4v) is 3.27. The summed E-state index contributed by atoms with van der Waals surface area (Å²) in [4.78, 5) is 0. The van der Waals surface area contributed by atoms with Crippen LogP contribution in [0.4, 0.5) is 0 Å². The number of hydrogen-bond acceptors (Lipinski definition) is 1. The van der Waals surface area contributed by atoms with Crippen molar-refractivity contribution < 1.29 is 0 Å². The fraction of sp³-hybridized carbons (Fsp3) is 0.389. The van der Waals surface area contributed by atoms with Crippen LogP contribution in [0, 0.1) is 17.2 Å². The van der Waals surface area contributed by atoms with Crippen LogP contribution in [-0.4, -0.2) is 0 Å². The van der Waals surface area contributed by atoms with Gasteiger partial charge in [-0.25, -0.2) is 0 Å². The molecule has 0 aliphatic heterocycles. The zero-order valence-corrected chi connectivity index (χ0v) is 11.2. The Balaban J connectivity index is 1.86. The van der Waals surface area contributed by atoms with Crippen molar-refractivity contribution in [1.82, 2.24) is 0 Å². The maximum atomic E-state index is 9.46. The maximum absolute atomic E-state index is 9.46. The van der Waals surface area contributed by atoms with E-state index in [4.69, 9.17) is 0 Å². The highest BCUT2D eigenvalue weighted by Crippen LogP contribution is 2.34. The molecule has 0 saturated heterocycles. The summed E-state index contributed by atoms with van der Waals surface area (Å²) in [7, 11) is 0. The van der Waals surface area contributed by atoms with E-state index in [2.05, 4.69) is 48.5 Å². The van der Waals surface area contributed by atoms with Gasteiger partial charge in [-0.15, -0.1) is 0 Å². The fourth-order valence-electron chi connectivity index (χ4n) is 3.27. The molecule has 0 aromatic heterocycles. The molecule has 0 amide bonds. The number of fused-ring (bicyclic) bond motifs is 1. The predicted molar refractivity (Wildman–Crippen MR) is 78.9 cm³/mol. The first-order valence-electron chi connectivity index (χ1n) is 7.25. The lowest BCUT2D eigenvalue weighted by atomic mass is 9.88. The second-order valence-corrected chi connectivity index (χ2v) is 5.67. The average molecular weight is 249 g/mol. The van der Waals surface area contributed by atoms with Gasteiger partial charge in [0.2, 0.25) is 0 Å². The van der Waals surface area contributed by atoms with Crippen molar-refractivity contribution in [3.8, 4) is 6.07 Å². The van der Waals surface area contributed by atoms with Gasteiger partial charge >= 0.3 is 0 Å². The molecule has 19 heavy (non-hydrogen) atoms. The number of rotatable bonds is 3. The van der Waals surface area contributed by atoms with E-state index in [0.717, 1.165) is 12.3 Å². The molecule has 1 atom stereocenters. The van der Waals surface area contributed by atoms with E-state index in [9.17, 15) is 5.26 Å². The van der Waals surface area contributed by atoms with Crippen LogP contribution in [0.2, 0.25) is 0 Å². The molecule has 96 valence electrons. The third-order valence-electron chi connectivity index (χ3n) is 4.38. The van der Waals surface area contributed by atoms with Crippen LogP contribution in [0.3, 0.4) is 0 Å². The Hall–Kier alpha value is -1.81. The highest BCUT2D eigenvalue weighted by Gasteiger charge is 2.21. The monoisotopic (exact) mass is 249 g/mol. The second kappa shape index (κ2) is 5.45. The van der Waals surface area contributed by atoms with Gasteiger partial charge in [0.1, 0.15) is 0 Å². The summed E-state index contributed by atoms with van der Waals surface area (Å²) in [6.07, 6.45) is 6.35. The minimum Gasteiger partial charge on any atom is -0.198 e. The van der Waals surface area contributed by atoms with Crippen molar-refractivity contribution in [3.05, 3.63) is 48.0 Å². The molecule has 0 radical (unpaired) electrons. The van der Waals surface area contributed by atoms with Gasteiger partial charge in [-0.2, -0.15) is 5.26 Å². The van der Waals surface area contributed by atoms with E-state index >= 15 is 0 Å². The number of nitriles is 1. The van der Waals surface area contributed by atoms with Crippen LogP contribution in [0.15, 0.2) is 42.5 Å². The smallest absolute Gasteiger partial charge is 0.0715 e. The van der Waals surface area contributed by atoms with Crippen LogP contribution in [0.1, 0.15) is 43.6 Å². The zero-order valence-electron chi connectivity index (χ0n) is 11.2. The lowest BCUT2D eigenvalue weighted by Gasteiger charge is -2.15. The van der Waals surface area contributed by atoms with Crippen molar-refractivity contribution in [3.63, 3.8) is 0 Å². The molecule has 1 aliphatic rings. The molecular weight excluding hydrogens is 230 g/mol. The van der Waals surface area contributed by atoms with Gasteiger partial charge in [-0.05, 0) is 34.7 Å². The Kier molecular flexibility index (Phi) is 3.51. The van der Waals surface area contributed by atoms with Crippen LogP contribution >= 0.6 is 0 Å². The average Bonchev–Trinajstić information content (AvgIpc) is 2.97. The van der Waals surface area contributed by atoms with Gasteiger partial charge in [0.25, 0.3) is 0 Å². The van der Waals surface area contributed by atoms with Gasteiger partial charge in [-0.3, -0.25) is 0 Å². The Bertz CT molecular complexity index is 602. The van der Waals surface area contributed by atoms with Crippen molar-refractivity contribution >= 4 is 10.8 Å². The molecule has 2 aromatic carbocycles. The summed E-state index contributed by atoms with van der Waals surface area (Å²) in [6.45, 7) is 0. The van der Waals surface area contributed by atoms with Gasteiger partial charge < -0.3 is 0 Å². The Morgan fingerprint density at radius 1 is 1.05 bits per heavy atom. The van der Waals surface area contributed by atoms with E-state index in [-0.39, 0.29) is 5.92 Å². The van der Waals surface area contributed by atoms with Crippen LogP contribution < -0.4 is 0 Å². The topological polar surface area (TPSA) is 23.8 Å². The molecule has 0 unspecified atom stereocenters. The van der Waals surface area contributed by atoms with Crippen LogP contribution in [-0.2, 0) is 0 Å². The van der Waals surface area contributed by atoms with E-state index in [1.54, 1.807) is 0 Å². The molecule has 1 fully saturated rings. The normalized spacial score (nSPS) is 17.4. The molecule has 0 bridgehead atoms. The molecule has 1 heteroatoms. The van der Waals surface area contributed by atoms with Crippen molar-refractivity contribution in [1.29, 1.82) is 5.26 Å². The highest BCUT2D eigenvalue weighted by atomic mass is 14.3. The van der Waals surface area contributed by atoms with Gasteiger partial charge in [-0.1, -0.05) is 62.1 Å². The molecule has 0 heterocycles. The maximum Gasteiger partial charge on any atom is 0.0715 e. The quantitative estimate of drug-likeness (QED) is 0.748. The van der Waals surface area contributed by atoms with E-state index < -0.39 is 0 Å². The summed E-state index contributed by atoms with van der Waals surface area (Å²) in [6, 6.07) is 17.3. The third-order valence-corrected chi connectivity index (χ3v) is 4.38. The first-order chi connectivity index (χ1) is 9.36. The molecule has 1 saturated carbocycles. The van der Waals surface area contributed by atoms with E-state index in [0.29, 0.717) is 0 Å². The Morgan fingerprint density at radius 3 is 2.53 bits per heavy atom. The van der Waals surface area contributed by atoms with Crippen molar-refractivity contribution in [2.45, 2.75) is 38.0 Å². The first kappa shape index (κ1) is 12.2. The van der Waals surface area contributed by atoms with Crippen molar-refractivity contribution in [2.75, 3.05) is 0 Å². The minimum atomic E-state index is 0.0627. The number of hydrogen-bond donors (Lipinski definition) is 0. The summed E-state index contributed by atoms with van der Waals surface area (Å²) in [5.41, 5.74) is 1.19. The summed E-state index contributed by atoms with van der Waals surface area (Å²) >= 11 is 0. The van der Waals surface area contributed by atoms with E-state index in [1.165, 1.54) is 42.0 Å². The molecule has 2 aromatic rings. The number of benzene rings is 2. The molecule has 3 rings (SSSR count). The summed E-state index contributed by atoms with van der Waals surface area (Å²) in [5, 5.41) is 12.0. The predicted octanol–water partition coefficient (Wildman–Crippen LogP) is 5.03. The summed E-state index contributed by atoms with van der Waals surface area (Å²) in [5.74, 6) is 0.823. The lowest BCUT2D eigenvalue weighted by Crippen LogP contribution is -2.03. The minimum absolute atomic E-state index is 0.0627. The molecule has 0 N–H and O–H groups in total. The van der Waals surface area contributed by atoms with E-state index in [1.807, 2.05) is 0 Å². The van der Waals surface area contributed by atoms with Gasteiger partial charge in [0.05, 0.1) is 12.0 Å². The first-order valence-corrected chi connectivity index (χ1v) is 7.25. The van der Waals surface area contributed by atoms with Crippen LogP contribution in [0.5, 0.6) is 0 Å². The molecule has 1 aliphatic carbocycles. The zero-order chi connectivity index (χ0) is 13.1. The lowest BCUT2D eigenvalue weighted by molar-refractivity contribution is 0.482. The van der Waals surface area contributed by atoms with Crippen molar-refractivity contribution in [2.24, 2.45) is 5.92 Å². The Labute approximate surface area is 114 Å². The third kappa shape index (κ3) is 2.63. The van der Waals surface area contributed by atoms with Crippen LogP contribution in [0.25, 0.3) is 10.8 Å². The SMILES string of the molecule is N#C[C@H](CC1CCCC1)c1ccc2ccccc2c1. The second-order valence-electron chi connectivity index (χ2n) is 5.67. The molecule has 1 nitrogen and oxygen atoms in total. The highest BCUT2D eigenvalue weighted by molar-refractivity contribution is 5.83. The largest absolute Gasteiger partial charge is 0.198 e. The molecule has 0 spiro atoms. The number of nitrogens with zero attached hydrogens (tertiary/aromatic N) is 1. The summed E-state index contributed by atoms with van der Waals surface area (Å²) < 4.78 is 0. The van der Waals surface area contributed by atoms with Gasteiger partial charge in [0.15, 0.2) is 0 Å². The van der Waals surface area contributed by atoms with Gasteiger partial charge in [0, 0.05) is 0 Å². The Morgan fingerprint density at radius 2 is 1.79 bits per heavy atom. The standard InChI is InChI=1S/C18H19N/c19-13-18(11-14-5-1-2-6-14)17-10-9-15-7-3-4-8-16(15)12-17/h3-4,7-10,12,14,18H,1-2,5-6,11H2/t18-/m0/s1.